The number of aromatic nitrogens is 2. The Kier molecular flexibility index (Phi) is 4.93. The molecule has 0 amide bonds. The van der Waals surface area contributed by atoms with Crippen molar-refractivity contribution < 1.29 is 0 Å². The van der Waals surface area contributed by atoms with Gasteiger partial charge in [-0.3, -0.25) is 4.98 Å². The molecule has 0 aliphatic rings. The zero-order valence-corrected chi connectivity index (χ0v) is 15.2. The number of nitrogens with zero attached hydrogens (tertiary/aromatic N) is 1. The average Bonchev–Trinajstić information content (AvgIpc) is 2.94. The number of H-pyrrole nitrogens is 1. The van der Waals surface area contributed by atoms with E-state index in [1.807, 2.05) is 24.5 Å². The number of halogens is 1. The molecule has 0 bridgehead atoms. The van der Waals surface area contributed by atoms with Crippen molar-refractivity contribution in [3.05, 3.63) is 65.1 Å². The molecule has 1 aromatic carbocycles. The second kappa shape index (κ2) is 6.96. The van der Waals surface area contributed by atoms with Crippen LogP contribution in [0.4, 0.5) is 0 Å². The van der Waals surface area contributed by atoms with Crippen LogP contribution in [0, 0.1) is 5.41 Å². The molecule has 0 spiro atoms. The van der Waals surface area contributed by atoms with Gasteiger partial charge in [-0.25, -0.2) is 0 Å². The molecule has 1 unspecified atom stereocenters. The van der Waals surface area contributed by atoms with Crippen LogP contribution in [0.2, 0.25) is 5.02 Å². The van der Waals surface area contributed by atoms with Crippen LogP contribution in [0.25, 0.3) is 10.9 Å². The van der Waals surface area contributed by atoms with Crippen LogP contribution in [-0.4, -0.2) is 9.97 Å². The molecule has 3 nitrogen and oxygen atoms in total. The summed E-state index contributed by atoms with van der Waals surface area (Å²) in [5, 5.41) is 5.72. The first-order chi connectivity index (χ1) is 11.4. The molecular weight excluding hydrogens is 318 g/mol. The van der Waals surface area contributed by atoms with E-state index in [0.29, 0.717) is 0 Å². The van der Waals surface area contributed by atoms with Gasteiger partial charge in [0.05, 0.1) is 11.7 Å². The van der Waals surface area contributed by atoms with E-state index < -0.39 is 0 Å². The molecule has 2 heterocycles. The molecule has 0 radical (unpaired) electrons. The summed E-state index contributed by atoms with van der Waals surface area (Å²) >= 11 is 6.04. The van der Waals surface area contributed by atoms with Gasteiger partial charge in [0.1, 0.15) is 0 Å². The Morgan fingerprint density at radius 3 is 2.62 bits per heavy atom. The van der Waals surface area contributed by atoms with Crippen LogP contribution in [0.3, 0.4) is 0 Å². The number of aromatic amines is 1. The molecule has 3 aromatic rings. The molecule has 24 heavy (non-hydrogen) atoms. The maximum Gasteiger partial charge on any atom is 0.0643 e. The molecule has 2 N–H and O–H groups in total. The lowest BCUT2D eigenvalue weighted by Crippen LogP contribution is -2.25. The minimum Gasteiger partial charge on any atom is -0.360 e. The van der Waals surface area contributed by atoms with E-state index in [4.69, 9.17) is 11.6 Å². The van der Waals surface area contributed by atoms with Gasteiger partial charge in [-0.05, 0) is 41.2 Å². The van der Waals surface area contributed by atoms with E-state index in [1.165, 1.54) is 16.5 Å². The third kappa shape index (κ3) is 4.16. The number of hydrogen-bond donors (Lipinski definition) is 2. The molecular formula is C20H24ClN3. The van der Waals surface area contributed by atoms with Crippen LogP contribution in [0.1, 0.15) is 44.4 Å². The summed E-state index contributed by atoms with van der Waals surface area (Å²) in [4.78, 5) is 7.45. The maximum absolute atomic E-state index is 6.04. The molecule has 4 heteroatoms. The minimum atomic E-state index is 0.238. The van der Waals surface area contributed by atoms with E-state index >= 15 is 0 Å². The summed E-state index contributed by atoms with van der Waals surface area (Å²) in [6.07, 6.45) is 6.82. The highest BCUT2D eigenvalue weighted by Crippen LogP contribution is 2.30. The zero-order valence-electron chi connectivity index (χ0n) is 14.4. The lowest BCUT2D eigenvalue weighted by Gasteiger charge is -2.27. The van der Waals surface area contributed by atoms with Crippen molar-refractivity contribution in [3.63, 3.8) is 0 Å². The van der Waals surface area contributed by atoms with Crippen molar-refractivity contribution in [3.8, 4) is 0 Å². The number of rotatable bonds is 5. The normalized spacial score (nSPS) is 13.3. The average molecular weight is 342 g/mol. The fraction of sp³-hybridized carbons (Fsp3) is 0.350. The SMILES string of the molecule is CC(C)(C)CC(NCc1c[nH]c2cnccc12)c1ccc(Cl)cc1. The summed E-state index contributed by atoms with van der Waals surface area (Å²) in [5.41, 5.74) is 3.85. The van der Waals surface area contributed by atoms with Crippen LogP contribution in [-0.2, 0) is 6.54 Å². The molecule has 3 rings (SSSR count). The van der Waals surface area contributed by atoms with Crippen LogP contribution < -0.4 is 5.32 Å². The monoisotopic (exact) mass is 341 g/mol. The minimum absolute atomic E-state index is 0.238. The van der Waals surface area contributed by atoms with Gasteiger partial charge in [-0.15, -0.1) is 0 Å². The number of nitrogens with one attached hydrogen (secondary N) is 2. The quantitative estimate of drug-likeness (QED) is 0.644. The largest absolute Gasteiger partial charge is 0.360 e. The van der Waals surface area contributed by atoms with Gasteiger partial charge in [0, 0.05) is 35.4 Å². The summed E-state index contributed by atoms with van der Waals surface area (Å²) in [5.74, 6) is 0. The van der Waals surface area contributed by atoms with Gasteiger partial charge >= 0.3 is 0 Å². The number of benzene rings is 1. The Hall–Kier alpha value is -1.84. The third-order valence-corrected chi connectivity index (χ3v) is 4.45. The summed E-state index contributed by atoms with van der Waals surface area (Å²) in [6, 6.07) is 10.5. The summed E-state index contributed by atoms with van der Waals surface area (Å²) in [7, 11) is 0. The molecule has 2 aromatic heterocycles. The number of pyridine rings is 1. The van der Waals surface area contributed by atoms with Crippen molar-refractivity contribution >= 4 is 22.5 Å². The first kappa shape index (κ1) is 17.0. The topological polar surface area (TPSA) is 40.7 Å². The van der Waals surface area contributed by atoms with Crippen molar-refractivity contribution in [2.24, 2.45) is 5.41 Å². The molecule has 0 fully saturated rings. The standard InChI is InChI=1S/C20H24ClN3/c1-20(2,3)10-18(14-4-6-16(21)7-5-14)23-11-15-12-24-19-13-22-9-8-17(15)19/h4-9,12-13,18,23-24H,10-11H2,1-3H3. The lowest BCUT2D eigenvalue weighted by atomic mass is 9.85. The Morgan fingerprint density at radius 2 is 1.92 bits per heavy atom. The van der Waals surface area contributed by atoms with Crippen molar-refractivity contribution in [2.45, 2.75) is 39.8 Å². The second-order valence-corrected chi connectivity index (χ2v) is 7.92. The Bertz CT molecular complexity index is 800. The lowest BCUT2D eigenvalue weighted by molar-refractivity contribution is 0.310. The van der Waals surface area contributed by atoms with E-state index in [1.54, 1.807) is 0 Å². The Balaban J connectivity index is 1.80. The van der Waals surface area contributed by atoms with E-state index in [0.717, 1.165) is 23.5 Å². The van der Waals surface area contributed by atoms with Gasteiger partial charge in [0.15, 0.2) is 0 Å². The van der Waals surface area contributed by atoms with Crippen LogP contribution in [0.15, 0.2) is 48.9 Å². The highest BCUT2D eigenvalue weighted by atomic mass is 35.5. The summed E-state index contributed by atoms with van der Waals surface area (Å²) in [6.45, 7) is 7.63. The fourth-order valence-electron chi connectivity index (χ4n) is 3.03. The first-order valence-electron chi connectivity index (χ1n) is 8.31. The molecule has 1 atom stereocenters. The van der Waals surface area contributed by atoms with Gasteiger partial charge in [-0.2, -0.15) is 0 Å². The predicted octanol–water partition coefficient (Wildman–Crippen LogP) is 5.48. The van der Waals surface area contributed by atoms with Gasteiger partial charge in [0.2, 0.25) is 0 Å². The molecule has 0 saturated carbocycles. The number of hydrogen-bond acceptors (Lipinski definition) is 2. The highest BCUT2D eigenvalue weighted by Gasteiger charge is 2.20. The third-order valence-electron chi connectivity index (χ3n) is 4.20. The van der Waals surface area contributed by atoms with Crippen molar-refractivity contribution in [1.29, 1.82) is 0 Å². The molecule has 0 aliphatic heterocycles. The zero-order chi connectivity index (χ0) is 17.2. The van der Waals surface area contributed by atoms with Gasteiger partial charge in [0.25, 0.3) is 0 Å². The van der Waals surface area contributed by atoms with E-state index in [-0.39, 0.29) is 11.5 Å². The first-order valence-corrected chi connectivity index (χ1v) is 8.69. The van der Waals surface area contributed by atoms with Crippen LogP contribution in [0.5, 0.6) is 0 Å². The van der Waals surface area contributed by atoms with Crippen LogP contribution >= 0.6 is 11.6 Å². The molecule has 126 valence electrons. The Morgan fingerprint density at radius 1 is 1.17 bits per heavy atom. The molecule has 0 aliphatic carbocycles. The second-order valence-electron chi connectivity index (χ2n) is 7.48. The predicted molar refractivity (Wildman–Crippen MR) is 101 cm³/mol. The van der Waals surface area contributed by atoms with Gasteiger partial charge < -0.3 is 10.3 Å². The summed E-state index contributed by atoms with van der Waals surface area (Å²) < 4.78 is 0. The maximum atomic E-state index is 6.04. The van der Waals surface area contributed by atoms with Crippen molar-refractivity contribution in [1.82, 2.24) is 15.3 Å². The van der Waals surface area contributed by atoms with E-state index in [2.05, 4.69) is 60.5 Å². The smallest absolute Gasteiger partial charge is 0.0643 e. The number of fused-ring (bicyclic) bond motifs is 1. The van der Waals surface area contributed by atoms with E-state index in [9.17, 15) is 0 Å². The van der Waals surface area contributed by atoms with Gasteiger partial charge in [-0.1, -0.05) is 44.5 Å². The molecule has 0 saturated heterocycles. The van der Waals surface area contributed by atoms with Crippen molar-refractivity contribution in [2.75, 3.05) is 0 Å². The Labute approximate surface area is 148 Å². The highest BCUT2D eigenvalue weighted by molar-refractivity contribution is 6.30. The fourth-order valence-corrected chi connectivity index (χ4v) is 3.15.